The van der Waals surface area contributed by atoms with Crippen molar-refractivity contribution in [2.45, 2.75) is 51.6 Å². The molecule has 3 rings (SSSR count). The molecule has 6 heteroatoms. The summed E-state index contributed by atoms with van der Waals surface area (Å²) < 4.78 is 0. The molecule has 148 valence electrons. The van der Waals surface area contributed by atoms with E-state index in [9.17, 15) is 9.59 Å². The number of primary amides is 1. The van der Waals surface area contributed by atoms with Crippen LogP contribution in [0.2, 0.25) is 0 Å². The third-order valence-corrected chi connectivity index (χ3v) is 5.98. The highest BCUT2D eigenvalue weighted by Gasteiger charge is 2.28. The van der Waals surface area contributed by atoms with Gasteiger partial charge >= 0.3 is 0 Å². The number of likely N-dealkylation sites (tertiary alicyclic amines) is 1. The number of carbonyl (C=O) groups excluding carboxylic acids is 2. The Balaban J connectivity index is 1.53. The van der Waals surface area contributed by atoms with Crippen molar-refractivity contribution >= 4 is 17.5 Å². The molecule has 1 aromatic rings. The van der Waals surface area contributed by atoms with Crippen molar-refractivity contribution in [3.63, 3.8) is 0 Å². The number of rotatable bonds is 7. The van der Waals surface area contributed by atoms with Gasteiger partial charge in [0.25, 0.3) is 0 Å². The number of amides is 2. The maximum atomic E-state index is 12.5. The Kier molecular flexibility index (Phi) is 6.85. The van der Waals surface area contributed by atoms with E-state index in [1.807, 2.05) is 24.3 Å². The predicted octanol–water partition coefficient (Wildman–Crippen LogP) is 2.10. The molecule has 1 aromatic carbocycles. The van der Waals surface area contributed by atoms with E-state index in [1.54, 1.807) is 0 Å². The molecule has 0 saturated carbocycles. The van der Waals surface area contributed by atoms with Crippen LogP contribution in [0, 0.1) is 11.8 Å². The normalized spacial score (nSPS) is 22.5. The zero-order valence-corrected chi connectivity index (χ0v) is 16.2. The van der Waals surface area contributed by atoms with Gasteiger partial charge in [0.2, 0.25) is 11.8 Å². The first-order valence-electron chi connectivity index (χ1n) is 10.2. The summed E-state index contributed by atoms with van der Waals surface area (Å²) in [7, 11) is 0. The number of hydrogen-bond acceptors (Lipinski definition) is 4. The second-order valence-corrected chi connectivity index (χ2v) is 8.05. The molecule has 2 aliphatic heterocycles. The van der Waals surface area contributed by atoms with Gasteiger partial charge in [0, 0.05) is 18.7 Å². The highest BCUT2D eigenvalue weighted by Crippen LogP contribution is 2.25. The Morgan fingerprint density at radius 3 is 2.81 bits per heavy atom. The Labute approximate surface area is 161 Å². The van der Waals surface area contributed by atoms with Gasteiger partial charge < -0.3 is 16.4 Å². The lowest BCUT2D eigenvalue weighted by Crippen LogP contribution is -2.39. The van der Waals surface area contributed by atoms with Gasteiger partial charge in [0.05, 0.1) is 6.04 Å². The van der Waals surface area contributed by atoms with E-state index in [0.717, 1.165) is 56.6 Å². The van der Waals surface area contributed by atoms with Gasteiger partial charge in [-0.1, -0.05) is 19.1 Å². The van der Waals surface area contributed by atoms with Gasteiger partial charge in [-0.15, -0.1) is 0 Å². The summed E-state index contributed by atoms with van der Waals surface area (Å²) in [6.07, 6.45) is 4.70. The molecule has 0 bridgehead atoms. The van der Waals surface area contributed by atoms with E-state index in [2.05, 4.69) is 22.5 Å². The highest BCUT2D eigenvalue weighted by molar-refractivity contribution is 5.90. The minimum Gasteiger partial charge on any atom is -0.368 e. The standard InChI is InChI=1S/C21H32N4O2/c1-15(17-7-9-23-10-8-17)12-20(26)24-18-5-2-4-16(13-18)14-25-11-3-6-19(25)21(22)27/h2,4-5,13,15,17,19,23H,3,6-12,14H2,1H3,(H2,22,27)(H,24,26). The van der Waals surface area contributed by atoms with Crippen LogP contribution in [0.25, 0.3) is 0 Å². The zero-order valence-electron chi connectivity index (χ0n) is 16.2. The van der Waals surface area contributed by atoms with Crippen molar-refractivity contribution in [1.82, 2.24) is 10.2 Å². The molecule has 27 heavy (non-hydrogen) atoms. The lowest BCUT2D eigenvalue weighted by Gasteiger charge is -2.27. The Bertz CT molecular complexity index is 657. The third kappa shape index (κ3) is 5.53. The fraction of sp³-hybridized carbons (Fsp3) is 0.619. The topological polar surface area (TPSA) is 87.5 Å². The third-order valence-electron chi connectivity index (χ3n) is 5.98. The number of nitrogens with two attached hydrogens (primary N) is 1. The summed E-state index contributed by atoms with van der Waals surface area (Å²) in [5.41, 5.74) is 7.42. The summed E-state index contributed by atoms with van der Waals surface area (Å²) in [5.74, 6) is 0.860. The quantitative estimate of drug-likeness (QED) is 0.684. The maximum absolute atomic E-state index is 12.5. The van der Waals surface area contributed by atoms with E-state index in [0.29, 0.717) is 24.8 Å². The van der Waals surface area contributed by atoms with Gasteiger partial charge in [0.15, 0.2) is 0 Å². The van der Waals surface area contributed by atoms with Crippen LogP contribution in [0.3, 0.4) is 0 Å². The minimum atomic E-state index is -0.246. The first kappa shape index (κ1) is 19.8. The zero-order chi connectivity index (χ0) is 19.2. The largest absolute Gasteiger partial charge is 0.368 e. The molecular formula is C21H32N4O2. The number of carbonyl (C=O) groups is 2. The van der Waals surface area contributed by atoms with Crippen molar-refractivity contribution in [2.75, 3.05) is 25.0 Å². The molecule has 2 aliphatic rings. The molecule has 4 N–H and O–H groups in total. The molecule has 0 aromatic heterocycles. The molecule has 2 saturated heterocycles. The SMILES string of the molecule is CC(CC(=O)Nc1cccc(CN2CCCC2C(N)=O)c1)C1CCNCC1. The van der Waals surface area contributed by atoms with Crippen LogP contribution < -0.4 is 16.4 Å². The Morgan fingerprint density at radius 1 is 1.30 bits per heavy atom. The number of nitrogens with one attached hydrogen (secondary N) is 2. The fourth-order valence-corrected chi connectivity index (χ4v) is 4.40. The summed E-state index contributed by atoms with van der Waals surface area (Å²) in [5, 5.41) is 6.42. The summed E-state index contributed by atoms with van der Waals surface area (Å²) in [6.45, 7) is 5.87. The second kappa shape index (κ2) is 9.33. The van der Waals surface area contributed by atoms with E-state index < -0.39 is 0 Å². The van der Waals surface area contributed by atoms with Crippen LogP contribution in [0.4, 0.5) is 5.69 Å². The number of nitrogens with zero attached hydrogens (tertiary/aromatic N) is 1. The van der Waals surface area contributed by atoms with Gasteiger partial charge in [-0.05, 0) is 74.8 Å². The van der Waals surface area contributed by atoms with E-state index in [4.69, 9.17) is 5.73 Å². The Morgan fingerprint density at radius 2 is 2.07 bits per heavy atom. The first-order chi connectivity index (χ1) is 13.0. The molecule has 2 fully saturated rings. The maximum Gasteiger partial charge on any atom is 0.234 e. The van der Waals surface area contributed by atoms with Gasteiger partial charge in [0.1, 0.15) is 0 Å². The number of anilines is 1. The summed E-state index contributed by atoms with van der Waals surface area (Å²) in [4.78, 5) is 26.2. The van der Waals surface area contributed by atoms with Crippen molar-refractivity contribution in [2.24, 2.45) is 17.6 Å². The number of hydrogen-bond donors (Lipinski definition) is 3. The molecule has 2 unspecified atom stereocenters. The molecule has 0 aliphatic carbocycles. The van der Waals surface area contributed by atoms with Crippen molar-refractivity contribution in [3.8, 4) is 0 Å². The van der Waals surface area contributed by atoms with Crippen LogP contribution in [0.5, 0.6) is 0 Å². The van der Waals surface area contributed by atoms with E-state index in [1.165, 1.54) is 0 Å². The van der Waals surface area contributed by atoms with Gasteiger partial charge in [-0.3, -0.25) is 14.5 Å². The van der Waals surface area contributed by atoms with E-state index in [-0.39, 0.29) is 17.9 Å². The van der Waals surface area contributed by atoms with Crippen LogP contribution in [-0.2, 0) is 16.1 Å². The van der Waals surface area contributed by atoms with Crippen LogP contribution >= 0.6 is 0 Å². The molecule has 2 heterocycles. The lowest BCUT2D eigenvalue weighted by molar-refractivity contribution is -0.122. The monoisotopic (exact) mass is 372 g/mol. The van der Waals surface area contributed by atoms with E-state index >= 15 is 0 Å². The van der Waals surface area contributed by atoms with Crippen LogP contribution in [0.1, 0.15) is 44.6 Å². The smallest absolute Gasteiger partial charge is 0.234 e. The molecule has 0 spiro atoms. The molecular weight excluding hydrogens is 340 g/mol. The molecule has 6 nitrogen and oxygen atoms in total. The lowest BCUT2D eigenvalue weighted by atomic mass is 9.84. The average molecular weight is 373 g/mol. The molecule has 2 atom stereocenters. The minimum absolute atomic E-state index is 0.0781. The average Bonchev–Trinajstić information content (AvgIpc) is 3.11. The highest BCUT2D eigenvalue weighted by atomic mass is 16.2. The van der Waals surface area contributed by atoms with Crippen molar-refractivity contribution in [1.29, 1.82) is 0 Å². The first-order valence-corrected chi connectivity index (χ1v) is 10.2. The van der Waals surface area contributed by atoms with Gasteiger partial charge in [-0.2, -0.15) is 0 Å². The summed E-state index contributed by atoms with van der Waals surface area (Å²) in [6, 6.07) is 7.74. The molecule has 2 amide bonds. The summed E-state index contributed by atoms with van der Waals surface area (Å²) >= 11 is 0. The second-order valence-electron chi connectivity index (χ2n) is 8.05. The van der Waals surface area contributed by atoms with Crippen molar-refractivity contribution in [3.05, 3.63) is 29.8 Å². The van der Waals surface area contributed by atoms with Gasteiger partial charge in [-0.25, -0.2) is 0 Å². The van der Waals surface area contributed by atoms with Crippen LogP contribution in [-0.4, -0.2) is 42.4 Å². The number of piperidine rings is 1. The van der Waals surface area contributed by atoms with Crippen LogP contribution in [0.15, 0.2) is 24.3 Å². The van der Waals surface area contributed by atoms with Crippen molar-refractivity contribution < 1.29 is 9.59 Å². The Hall–Kier alpha value is -1.92. The predicted molar refractivity (Wildman–Crippen MR) is 107 cm³/mol. The molecule has 0 radical (unpaired) electrons. The number of benzene rings is 1. The fourth-order valence-electron chi connectivity index (χ4n) is 4.40.